The van der Waals surface area contributed by atoms with E-state index in [0.29, 0.717) is 18.5 Å². The van der Waals surface area contributed by atoms with Crippen molar-refractivity contribution < 1.29 is 33.7 Å². The van der Waals surface area contributed by atoms with Gasteiger partial charge in [-0.3, -0.25) is 0 Å². The van der Waals surface area contributed by atoms with Crippen LogP contribution in [0.15, 0.2) is 24.3 Å². The van der Waals surface area contributed by atoms with Gasteiger partial charge in [0.25, 0.3) is 0 Å². The number of aliphatic hydroxyl groups excluding tert-OH is 1. The van der Waals surface area contributed by atoms with E-state index in [9.17, 15) is 10.2 Å². The first-order valence-electron chi connectivity index (χ1n) is 8.63. The van der Waals surface area contributed by atoms with Crippen LogP contribution in [0.3, 0.4) is 0 Å². The second-order valence-electron chi connectivity index (χ2n) is 6.33. The molecular formula is C18H24N2O4V-2. The van der Waals surface area contributed by atoms with Gasteiger partial charge >= 0.3 is 23.5 Å². The summed E-state index contributed by atoms with van der Waals surface area (Å²) >= 11 is -1.81. The predicted octanol–water partition coefficient (Wildman–Crippen LogP) is 3.87. The van der Waals surface area contributed by atoms with Crippen molar-refractivity contribution in [1.82, 2.24) is 0 Å². The van der Waals surface area contributed by atoms with Crippen LogP contribution < -0.4 is 0 Å². The Labute approximate surface area is 155 Å². The summed E-state index contributed by atoms with van der Waals surface area (Å²) in [7, 11) is 0. The molecule has 7 heteroatoms. The van der Waals surface area contributed by atoms with Crippen LogP contribution in [0.25, 0.3) is 16.7 Å². The van der Waals surface area contributed by atoms with E-state index in [2.05, 4.69) is 10.6 Å². The zero-order valence-electron chi connectivity index (χ0n) is 14.1. The number of aliphatic hydroxyl groups is 1. The van der Waals surface area contributed by atoms with E-state index in [1.807, 2.05) is 24.3 Å². The number of nitrogens with zero attached hydrogens (tertiary/aromatic N) is 2. The molecule has 25 heavy (non-hydrogen) atoms. The topological polar surface area (TPSA) is 103 Å². The monoisotopic (exact) mass is 383 g/mol. The summed E-state index contributed by atoms with van der Waals surface area (Å²) in [5.74, 6) is 0.986. The molecule has 6 nitrogen and oxygen atoms in total. The van der Waals surface area contributed by atoms with Crippen LogP contribution in [-0.2, 0) is 23.5 Å². The molecule has 0 amide bonds. The number of benzene rings is 1. The maximum absolute atomic E-state index is 9.61. The molecule has 2 N–H and O–H groups in total. The first kappa shape index (κ1) is 20.0. The second kappa shape index (κ2) is 10.6. The Kier molecular flexibility index (Phi) is 8.48. The molecule has 0 spiro atoms. The van der Waals surface area contributed by atoms with Gasteiger partial charge in [0.15, 0.2) is 0 Å². The van der Waals surface area contributed by atoms with Crippen LogP contribution in [0, 0.1) is 5.92 Å². The zero-order valence-corrected chi connectivity index (χ0v) is 15.5. The Morgan fingerprint density at radius 1 is 1.12 bits per heavy atom. The molecule has 2 heterocycles. The van der Waals surface area contributed by atoms with Crippen LogP contribution in [0.2, 0.25) is 0 Å². The van der Waals surface area contributed by atoms with Crippen molar-refractivity contribution in [1.29, 1.82) is 0 Å². The average molecular weight is 383 g/mol. The Hall–Kier alpha value is -1.34. The molecule has 1 aliphatic carbocycles. The Morgan fingerprint density at radius 3 is 2.60 bits per heavy atom. The summed E-state index contributed by atoms with van der Waals surface area (Å²) in [6, 6.07) is 5.72. The van der Waals surface area contributed by atoms with Crippen molar-refractivity contribution in [2.75, 3.05) is 13.1 Å². The van der Waals surface area contributed by atoms with Gasteiger partial charge in [-0.25, -0.2) is 0 Å². The van der Waals surface area contributed by atoms with Gasteiger partial charge in [-0.05, 0) is 18.1 Å². The van der Waals surface area contributed by atoms with Crippen LogP contribution in [0.5, 0.6) is 5.75 Å². The second-order valence-corrected chi connectivity index (χ2v) is 6.56. The van der Waals surface area contributed by atoms with Gasteiger partial charge in [-0.1, -0.05) is 55.5 Å². The molecule has 3 atom stereocenters. The van der Waals surface area contributed by atoms with E-state index in [4.69, 9.17) is 7.35 Å². The molecule has 0 aromatic heterocycles. The van der Waals surface area contributed by atoms with Crippen LogP contribution in [-0.4, -0.2) is 35.4 Å². The maximum atomic E-state index is 9.61. The summed E-state index contributed by atoms with van der Waals surface area (Å²) in [6.45, 7) is 1.66. The summed E-state index contributed by atoms with van der Waals surface area (Å²) in [4.78, 5) is 0. The number of para-hydroxylation sites is 1. The number of rotatable bonds is 0. The van der Waals surface area contributed by atoms with E-state index in [0.717, 1.165) is 24.2 Å². The zero-order chi connectivity index (χ0) is 18.1. The summed E-state index contributed by atoms with van der Waals surface area (Å²) < 4.78 is 16.9. The number of hydrogen-bond donors (Lipinski definition) is 2. The Bertz CT molecular complexity index is 615. The summed E-state index contributed by atoms with van der Waals surface area (Å²) in [6.07, 6.45) is 9.85. The van der Waals surface area contributed by atoms with E-state index >= 15 is 0 Å². The van der Waals surface area contributed by atoms with Crippen molar-refractivity contribution in [2.24, 2.45) is 5.92 Å². The Morgan fingerprint density at radius 2 is 1.88 bits per heavy atom. The number of phenolic OH excluding ortho intramolecular Hbond substituents is 1. The van der Waals surface area contributed by atoms with Crippen molar-refractivity contribution >= 4 is 11.8 Å². The third-order valence-corrected chi connectivity index (χ3v) is 4.72. The van der Waals surface area contributed by atoms with Crippen molar-refractivity contribution in [2.45, 2.75) is 44.2 Å². The fourth-order valence-corrected chi connectivity index (χ4v) is 3.60. The van der Waals surface area contributed by atoms with Gasteiger partial charge in [-0.2, -0.15) is 0 Å². The minimum absolute atomic E-state index is 0.117. The first-order chi connectivity index (χ1) is 12.2. The van der Waals surface area contributed by atoms with Gasteiger partial charge in [0.1, 0.15) is 5.75 Å². The van der Waals surface area contributed by atoms with Crippen LogP contribution in [0.1, 0.15) is 37.7 Å². The van der Waals surface area contributed by atoms with Gasteiger partial charge in [0.2, 0.25) is 0 Å². The van der Waals surface area contributed by atoms with E-state index in [1.54, 1.807) is 6.07 Å². The third kappa shape index (κ3) is 5.85. The van der Waals surface area contributed by atoms with Gasteiger partial charge in [0.05, 0.1) is 0 Å². The number of phenols is 1. The minimum atomic E-state index is -1.81. The quantitative estimate of drug-likeness (QED) is 0.710. The fourth-order valence-electron chi connectivity index (χ4n) is 3.60. The number of fused-ring (bicyclic) bond motifs is 2. The number of aromatic hydroxyl groups is 1. The first-order valence-corrected chi connectivity index (χ1v) is 9.77. The standard InChI is InChI=1S/C9H16NO.C9H8NO.2O.V/c2*11-8-5-1-3-7-4-2-6-10-9(7)8;;;/h7-9,11H,1-6H2;1-5,11H,6H2;;;/q2*-1;;;. The van der Waals surface area contributed by atoms with Gasteiger partial charge < -0.3 is 20.8 Å². The van der Waals surface area contributed by atoms with Crippen molar-refractivity contribution in [3.63, 3.8) is 0 Å². The molecule has 0 bridgehead atoms. The summed E-state index contributed by atoms with van der Waals surface area (Å²) in [5, 5.41) is 27.6. The third-order valence-electron chi connectivity index (χ3n) is 4.72. The van der Waals surface area contributed by atoms with Gasteiger partial charge in [-0.15, -0.1) is 25.2 Å². The number of piperidine rings is 1. The molecule has 0 radical (unpaired) electrons. The van der Waals surface area contributed by atoms with Crippen molar-refractivity contribution in [3.8, 4) is 5.75 Å². The molecule has 137 valence electrons. The van der Waals surface area contributed by atoms with Crippen molar-refractivity contribution in [3.05, 3.63) is 40.5 Å². The molecule has 3 unspecified atom stereocenters. The van der Waals surface area contributed by atoms with E-state index in [-0.39, 0.29) is 11.9 Å². The molecule has 3 aliphatic rings. The predicted molar refractivity (Wildman–Crippen MR) is 91.0 cm³/mol. The molecule has 2 fully saturated rings. The normalized spacial score (nSPS) is 26.2. The molecule has 1 saturated heterocycles. The fraction of sp³-hybridized carbons (Fsp3) is 0.556. The van der Waals surface area contributed by atoms with Gasteiger partial charge in [0, 0.05) is 6.10 Å². The molecule has 1 saturated carbocycles. The molecule has 1 aromatic carbocycles. The Balaban J connectivity index is 0.000000156. The molecule has 2 aliphatic heterocycles. The van der Waals surface area contributed by atoms with Crippen LogP contribution >= 0.6 is 0 Å². The number of hydrogen-bond acceptors (Lipinski definition) is 4. The average Bonchev–Trinajstić information content (AvgIpc) is 2.64. The molecule has 4 rings (SSSR count). The van der Waals surface area contributed by atoms with E-state index < -0.39 is 16.2 Å². The molecule has 1 aromatic rings. The SMILES string of the molecule is OC1CCCC2CCC[N-]C12.Oc1cccc2c1[N-]CC=C2.[O]=[V]=[O]. The van der Waals surface area contributed by atoms with Crippen LogP contribution in [0.4, 0.5) is 5.69 Å². The van der Waals surface area contributed by atoms with E-state index in [1.165, 1.54) is 25.7 Å². The summed E-state index contributed by atoms with van der Waals surface area (Å²) in [5.41, 5.74) is 1.71. The molecular weight excluding hydrogens is 359 g/mol.